The van der Waals surface area contributed by atoms with Crippen LogP contribution in [0.15, 0.2) is 36.5 Å². The van der Waals surface area contributed by atoms with Crippen LogP contribution in [0.4, 0.5) is 8.78 Å². The molecular formula is C29H46F2. The van der Waals surface area contributed by atoms with E-state index in [4.69, 9.17) is 0 Å². The van der Waals surface area contributed by atoms with Crippen molar-refractivity contribution in [2.75, 3.05) is 0 Å². The minimum atomic E-state index is -2.83. The first-order chi connectivity index (χ1) is 14.2. The van der Waals surface area contributed by atoms with Crippen molar-refractivity contribution < 1.29 is 8.78 Å². The van der Waals surface area contributed by atoms with Crippen molar-refractivity contribution in [2.45, 2.75) is 111 Å². The summed E-state index contributed by atoms with van der Waals surface area (Å²) in [6.07, 6.45) is 10.0. The zero-order valence-corrected chi connectivity index (χ0v) is 20.9. The van der Waals surface area contributed by atoms with Crippen molar-refractivity contribution in [3.8, 4) is 0 Å². The lowest BCUT2D eigenvalue weighted by atomic mass is 9.47. The summed E-state index contributed by atoms with van der Waals surface area (Å²) < 4.78 is 30.2. The molecule has 31 heavy (non-hydrogen) atoms. The fourth-order valence-corrected chi connectivity index (χ4v) is 6.83. The van der Waals surface area contributed by atoms with Gasteiger partial charge in [0, 0.05) is 6.42 Å². The molecule has 4 rings (SSSR count). The van der Waals surface area contributed by atoms with Crippen LogP contribution >= 0.6 is 0 Å². The van der Waals surface area contributed by atoms with E-state index < -0.39 is 5.92 Å². The molecule has 0 nitrogen and oxygen atoms in total. The van der Waals surface area contributed by atoms with Crippen LogP contribution in [0, 0.1) is 34.0 Å². The van der Waals surface area contributed by atoms with Gasteiger partial charge in [0.15, 0.2) is 0 Å². The minimum absolute atomic E-state index is 0.00522. The Morgan fingerprint density at radius 1 is 0.774 bits per heavy atom. The molecule has 0 spiro atoms. The lowest BCUT2D eigenvalue weighted by Gasteiger charge is -2.58. The first kappa shape index (κ1) is 24.7. The molecule has 0 aliphatic heterocycles. The fraction of sp³-hybridized carbons (Fsp3) is 0.793. The molecule has 4 aliphatic rings. The van der Waals surface area contributed by atoms with E-state index in [1.54, 1.807) is 0 Å². The summed E-state index contributed by atoms with van der Waals surface area (Å²) in [5.74, 6) is -0.567. The van der Waals surface area contributed by atoms with Gasteiger partial charge in [-0.1, -0.05) is 65.5 Å². The molecule has 4 aliphatic carbocycles. The molecule has 2 heteroatoms. The van der Waals surface area contributed by atoms with Crippen molar-refractivity contribution in [1.82, 2.24) is 0 Å². The van der Waals surface area contributed by atoms with E-state index >= 15 is 8.78 Å². The predicted molar refractivity (Wildman–Crippen MR) is 129 cm³/mol. The van der Waals surface area contributed by atoms with Gasteiger partial charge in [-0.05, 0) is 104 Å². The second kappa shape index (κ2) is 8.45. The monoisotopic (exact) mass is 432 g/mol. The molecular weight excluding hydrogens is 386 g/mol. The highest BCUT2D eigenvalue weighted by Crippen LogP contribution is 2.63. The number of unbranched alkanes of at least 4 members (excludes halogenated alkanes) is 1. The van der Waals surface area contributed by atoms with Crippen LogP contribution in [0.1, 0.15) is 105 Å². The van der Waals surface area contributed by atoms with Gasteiger partial charge in [0.25, 0.3) is 5.92 Å². The fourth-order valence-electron chi connectivity index (χ4n) is 6.83. The Hall–Kier alpha value is -0.920. The SMILES string of the molecule is C=C(CCCCC(=C)C(C)(C)C(C)(C)C)C(F)(F)CC(=C)C12CC3CC(CC(C3)C1)C2. The van der Waals surface area contributed by atoms with Gasteiger partial charge in [-0.3, -0.25) is 0 Å². The summed E-state index contributed by atoms with van der Waals surface area (Å²) in [6, 6.07) is 0. The molecule has 4 bridgehead atoms. The quantitative estimate of drug-likeness (QED) is 0.238. The largest absolute Gasteiger partial charge is 0.272 e. The summed E-state index contributed by atoms with van der Waals surface area (Å²) in [5, 5.41) is 0. The van der Waals surface area contributed by atoms with Crippen molar-refractivity contribution in [3.63, 3.8) is 0 Å². The standard InChI is InChI=1S/C29H46F2/c1-20(27(7,8)26(4,5)6)11-9-10-12-21(2)29(30,31)16-22(3)28-17-23-13-24(18-28)15-25(14-23)19-28/h23-25H,1-3,9-19H2,4-8H3. The zero-order chi connectivity index (χ0) is 23.2. The zero-order valence-electron chi connectivity index (χ0n) is 20.9. The third-order valence-electron chi connectivity index (χ3n) is 9.71. The van der Waals surface area contributed by atoms with Crippen LogP contribution in [0.3, 0.4) is 0 Å². The van der Waals surface area contributed by atoms with E-state index in [1.165, 1.54) is 24.8 Å². The van der Waals surface area contributed by atoms with Crippen LogP contribution in [0.5, 0.6) is 0 Å². The van der Waals surface area contributed by atoms with Gasteiger partial charge < -0.3 is 0 Å². The number of hydrogen-bond acceptors (Lipinski definition) is 0. The molecule has 0 aromatic heterocycles. The van der Waals surface area contributed by atoms with E-state index in [1.807, 2.05) is 0 Å². The normalized spacial score (nSPS) is 30.5. The topological polar surface area (TPSA) is 0 Å². The van der Waals surface area contributed by atoms with Gasteiger partial charge in [0.2, 0.25) is 0 Å². The van der Waals surface area contributed by atoms with Crippen LogP contribution < -0.4 is 0 Å². The first-order valence-corrected chi connectivity index (χ1v) is 12.6. The molecule has 0 saturated heterocycles. The van der Waals surface area contributed by atoms with Crippen molar-refractivity contribution >= 4 is 0 Å². The number of allylic oxidation sites excluding steroid dienone is 3. The molecule has 4 fully saturated rings. The predicted octanol–water partition coefficient (Wildman–Crippen LogP) is 9.53. The highest BCUT2D eigenvalue weighted by molar-refractivity contribution is 5.23. The van der Waals surface area contributed by atoms with E-state index in [-0.39, 0.29) is 28.2 Å². The highest BCUT2D eigenvalue weighted by Gasteiger charge is 2.53. The molecule has 0 heterocycles. The second-order valence-corrected chi connectivity index (χ2v) is 13.0. The Balaban J connectivity index is 1.48. The summed E-state index contributed by atoms with van der Waals surface area (Å²) in [7, 11) is 0. The van der Waals surface area contributed by atoms with Gasteiger partial charge in [-0.2, -0.15) is 0 Å². The maximum atomic E-state index is 15.1. The maximum absolute atomic E-state index is 15.1. The van der Waals surface area contributed by atoms with Gasteiger partial charge in [-0.25, -0.2) is 8.78 Å². The van der Waals surface area contributed by atoms with E-state index in [0.717, 1.165) is 61.9 Å². The number of hydrogen-bond donors (Lipinski definition) is 0. The molecule has 0 unspecified atom stereocenters. The average molecular weight is 433 g/mol. The van der Waals surface area contributed by atoms with Gasteiger partial charge in [-0.15, -0.1) is 0 Å². The third-order valence-corrected chi connectivity index (χ3v) is 9.71. The third kappa shape index (κ3) is 5.03. The first-order valence-electron chi connectivity index (χ1n) is 12.6. The molecule has 0 N–H and O–H groups in total. The van der Waals surface area contributed by atoms with Gasteiger partial charge in [0.05, 0.1) is 0 Å². The van der Waals surface area contributed by atoms with E-state index in [2.05, 4.69) is 54.4 Å². The summed E-state index contributed by atoms with van der Waals surface area (Å²) in [6.45, 7) is 23.5. The molecule has 0 radical (unpaired) electrons. The number of rotatable bonds is 10. The van der Waals surface area contributed by atoms with Crippen LogP contribution in [-0.2, 0) is 0 Å². The Labute approximate surface area is 190 Å². The molecule has 4 saturated carbocycles. The van der Waals surface area contributed by atoms with Crippen LogP contribution in [0.2, 0.25) is 0 Å². The summed E-state index contributed by atoms with van der Waals surface area (Å²) in [5.41, 5.74) is 2.29. The van der Waals surface area contributed by atoms with Crippen LogP contribution in [-0.4, -0.2) is 5.92 Å². The Bertz CT molecular complexity index is 680. The molecule has 0 aromatic carbocycles. The smallest absolute Gasteiger partial charge is 0.201 e. The van der Waals surface area contributed by atoms with Crippen molar-refractivity contribution in [1.29, 1.82) is 0 Å². The second-order valence-electron chi connectivity index (χ2n) is 13.0. The van der Waals surface area contributed by atoms with Gasteiger partial charge >= 0.3 is 0 Å². The molecule has 0 amide bonds. The highest BCUT2D eigenvalue weighted by atomic mass is 19.3. The molecule has 176 valence electrons. The van der Waals surface area contributed by atoms with Crippen molar-refractivity contribution in [3.05, 3.63) is 36.5 Å². The minimum Gasteiger partial charge on any atom is -0.201 e. The molecule has 0 atom stereocenters. The van der Waals surface area contributed by atoms with Crippen LogP contribution in [0.25, 0.3) is 0 Å². The summed E-state index contributed by atoms with van der Waals surface area (Å²) >= 11 is 0. The summed E-state index contributed by atoms with van der Waals surface area (Å²) in [4.78, 5) is 0. The Kier molecular flexibility index (Phi) is 6.74. The van der Waals surface area contributed by atoms with Crippen molar-refractivity contribution in [2.24, 2.45) is 34.0 Å². The van der Waals surface area contributed by atoms with Gasteiger partial charge in [0.1, 0.15) is 0 Å². The average Bonchev–Trinajstić information content (AvgIpc) is 2.62. The Morgan fingerprint density at radius 2 is 1.19 bits per heavy atom. The number of alkyl halides is 2. The lowest BCUT2D eigenvalue weighted by molar-refractivity contribution is -0.0422. The molecule has 0 aromatic rings. The number of halogens is 2. The van der Waals surface area contributed by atoms with E-state index in [9.17, 15) is 0 Å². The van der Waals surface area contributed by atoms with E-state index in [0.29, 0.717) is 6.42 Å². The maximum Gasteiger partial charge on any atom is 0.272 e. The lowest BCUT2D eigenvalue weighted by Crippen LogP contribution is -2.47. The Morgan fingerprint density at radius 3 is 1.61 bits per heavy atom.